The quantitative estimate of drug-likeness (QED) is 0.268. The smallest absolute Gasteiger partial charge is 0.250 e. The number of rotatable bonds is 9. The molecule has 0 N–H and O–H groups in total. The van der Waals surface area contributed by atoms with Gasteiger partial charge in [0.2, 0.25) is 8.32 Å². The van der Waals surface area contributed by atoms with Crippen LogP contribution < -0.4 is 9.16 Å². The Balaban J connectivity index is 2.29. The van der Waals surface area contributed by atoms with Crippen molar-refractivity contribution in [2.24, 2.45) is 0 Å². The summed E-state index contributed by atoms with van der Waals surface area (Å²) in [6, 6.07) is 4.30. The summed E-state index contributed by atoms with van der Waals surface area (Å²) in [5, 5.41) is 0.151. The molecule has 1 aromatic carbocycles. The second-order valence-electron chi connectivity index (χ2n) is 10.3. The number of epoxide rings is 1. The van der Waals surface area contributed by atoms with Crippen LogP contribution in [0, 0.1) is 6.92 Å². The number of benzene rings is 1. The molecule has 0 unspecified atom stereocenters. The van der Waals surface area contributed by atoms with Gasteiger partial charge in [-0.1, -0.05) is 27.7 Å². The largest absolute Gasteiger partial charge is 0.543 e. The lowest BCUT2D eigenvalue weighted by atomic mass is 9.92. The lowest BCUT2D eigenvalue weighted by Gasteiger charge is -2.37. The molecule has 1 fully saturated rings. The number of ether oxygens (including phenoxy) is 3. The van der Waals surface area contributed by atoms with E-state index in [-0.39, 0.29) is 17.4 Å². The fraction of sp³-hybridized carbons (Fsp3) is 0.739. The van der Waals surface area contributed by atoms with Crippen molar-refractivity contribution in [1.82, 2.24) is 0 Å². The van der Waals surface area contributed by atoms with Crippen molar-refractivity contribution in [2.45, 2.75) is 97.1 Å². The van der Waals surface area contributed by atoms with Gasteiger partial charge in [0, 0.05) is 7.11 Å². The van der Waals surface area contributed by atoms with Gasteiger partial charge >= 0.3 is 0 Å². The molecule has 1 heterocycles. The summed E-state index contributed by atoms with van der Waals surface area (Å²) in [5.41, 5.74) is 2.34. The van der Waals surface area contributed by atoms with Crippen LogP contribution in [0.25, 0.3) is 0 Å². The molecule has 0 aliphatic carbocycles. The van der Waals surface area contributed by atoms with Crippen LogP contribution in [0.4, 0.5) is 0 Å². The van der Waals surface area contributed by atoms with Crippen LogP contribution in [0.5, 0.6) is 11.5 Å². The van der Waals surface area contributed by atoms with Gasteiger partial charge in [-0.25, -0.2) is 0 Å². The average Bonchev–Trinajstić information content (AvgIpc) is 3.17. The second kappa shape index (κ2) is 8.37. The topological polar surface area (TPSA) is 40.2 Å². The molecule has 0 spiro atoms. The molecule has 0 bridgehead atoms. The molecule has 4 nitrogen and oxygen atoms in total. The zero-order valence-electron chi connectivity index (χ0n) is 19.6. The first-order chi connectivity index (χ1) is 12.8. The van der Waals surface area contributed by atoms with E-state index in [1.807, 2.05) is 0 Å². The van der Waals surface area contributed by atoms with Gasteiger partial charge in [-0.15, -0.1) is 0 Å². The Morgan fingerprint density at radius 3 is 2.29 bits per heavy atom. The molecule has 2 atom stereocenters. The maximum absolute atomic E-state index is 6.74. The summed E-state index contributed by atoms with van der Waals surface area (Å²) in [5.74, 6) is 2.25. The van der Waals surface area contributed by atoms with Gasteiger partial charge in [-0.2, -0.15) is 0 Å². The van der Waals surface area contributed by atoms with E-state index in [1.54, 1.807) is 7.11 Å². The van der Waals surface area contributed by atoms with E-state index in [0.717, 1.165) is 29.9 Å². The molecule has 1 aromatic rings. The molecule has 1 aliphatic heterocycles. The van der Waals surface area contributed by atoms with E-state index in [0.29, 0.717) is 12.0 Å². The summed E-state index contributed by atoms with van der Waals surface area (Å²) >= 11 is 0. The van der Waals surface area contributed by atoms with Gasteiger partial charge < -0.3 is 18.6 Å². The molecule has 1 aliphatic rings. The van der Waals surface area contributed by atoms with E-state index in [4.69, 9.17) is 18.6 Å². The van der Waals surface area contributed by atoms with Crippen molar-refractivity contribution < 1.29 is 18.6 Å². The predicted octanol–water partition coefficient (Wildman–Crippen LogP) is 6.42. The van der Waals surface area contributed by atoms with Crippen LogP contribution >= 0.6 is 0 Å². The minimum atomic E-state index is -1.93. The Morgan fingerprint density at radius 2 is 1.79 bits per heavy atom. The monoisotopic (exact) mass is 408 g/mol. The first-order valence-corrected chi connectivity index (χ1v) is 13.3. The molecule has 28 heavy (non-hydrogen) atoms. The lowest BCUT2D eigenvalue weighted by molar-refractivity contribution is 0.0505. The SMILES string of the molecule is COCOc1cc([C@@H](C)CC[C@H]2OC2(C)C)c(O[Si](C)(C)C(C)(C)C)cc1C. The number of hydrogen-bond donors (Lipinski definition) is 0. The summed E-state index contributed by atoms with van der Waals surface area (Å²) in [7, 11) is -0.290. The minimum Gasteiger partial charge on any atom is -0.543 e. The maximum Gasteiger partial charge on any atom is 0.250 e. The van der Waals surface area contributed by atoms with Crippen molar-refractivity contribution in [3.8, 4) is 11.5 Å². The van der Waals surface area contributed by atoms with Crippen LogP contribution in [-0.4, -0.2) is 33.9 Å². The summed E-state index contributed by atoms with van der Waals surface area (Å²) in [4.78, 5) is 0. The molecule has 160 valence electrons. The van der Waals surface area contributed by atoms with Crippen molar-refractivity contribution in [3.63, 3.8) is 0 Å². The van der Waals surface area contributed by atoms with Gasteiger partial charge in [0.1, 0.15) is 11.5 Å². The van der Waals surface area contributed by atoms with E-state index in [2.05, 4.69) is 73.7 Å². The number of hydrogen-bond acceptors (Lipinski definition) is 4. The third-order valence-electron chi connectivity index (χ3n) is 6.37. The van der Waals surface area contributed by atoms with Crippen molar-refractivity contribution >= 4 is 8.32 Å². The lowest BCUT2D eigenvalue weighted by Crippen LogP contribution is -2.44. The highest BCUT2D eigenvalue weighted by Crippen LogP contribution is 2.44. The van der Waals surface area contributed by atoms with Gasteiger partial charge in [-0.3, -0.25) is 0 Å². The number of aryl methyl sites for hydroxylation is 1. The second-order valence-corrected chi connectivity index (χ2v) is 15.0. The Labute approximate surface area is 173 Å². The zero-order valence-corrected chi connectivity index (χ0v) is 20.6. The Kier molecular flexibility index (Phi) is 6.94. The van der Waals surface area contributed by atoms with E-state index in [1.165, 1.54) is 5.56 Å². The molecule has 1 saturated heterocycles. The van der Waals surface area contributed by atoms with Crippen molar-refractivity contribution in [1.29, 1.82) is 0 Å². The zero-order chi connectivity index (χ0) is 21.3. The van der Waals surface area contributed by atoms with Crippen LogP contribution in [0.15, 0.2) is 12.1 Å². The standard InChI is InChI=1S/C23H40O4Si/c1-16(11-12-21-23(6,7)26-21)18-14-19(25-15-24-8)17(2)13-20(18)27-28(9,10)22(3,4)5/h13-14,16,21H,11-12,15H2,1-10H3/t16-,21+/m0/s1. The third kappa shape index (κ3) is 5.52. The van der Waals surface area contributed by atoms with Gasteiger partial charge in [-0.05, 0) is 80.9 Å². The van der Waals surface area contributed by atoms with Crippen molar-refractivity contribution in [3.05, 3.63) is 23.3 Å². The third-order valence-corrected chi connectivity index (χ3v) is 10.7. The predicted molar refractivity (Wildman–Crippen MR) is 118 cm³/mol. The highest BCUT2D eigenvalue weighted by Gasteiger charge is 2.47. The maximum atomic E-state index is 6.74. The normalized spacial score (nSPS) is 20.0. The summed E-state index contributed by atoms with van der Waals surface area (Å²) < 4.78 is 23.4. The first kappa shape index (κ1) is 23.2. The molecule has 2 rings (SSSR count). The van der Waals surface area contributed by atoms with Crippen molar-refractivity contribution in [2.75, 3.05) is 13.9 Å². The van der Waals surface area contributed by atoms with Crippen LogP contribution in [0.1, 0.15) is 71.4 Å². The number of methoxy groups -OCH3 is 1. The summed E-state index contributed by atoms with van der Waals surface area (Å²) in [6.07, 6.45) is 2.50. The molecule has 0 aromatic heterocycles. The van der Waals surface area contributed by atoms with E-state index in [9.17, 15) is 0 Å². The fourth-order valence-electron chi connectivity index (χ4n) is 3.15. The molecular weight excluding hydrogens is 368 g/mol. The Bertz CT molecular complexity index is 676. The average molecular weight is 409 g/mol. The first-order valence-electron chi connectivity index (χ1n) is 10.4. The van der Waals surface area contributed by atoms with Gasteiger partial charge in [0.05, 0.1) is 11.7 Å². The Hall–Kier alpha value is -1.04. The summed E-state index contributed by atoms with van der Waals surface area (Å²) in [6.45, 7) is 20.3. The van der Waals surface area contributed by atoms with Crippen LogP contribution in [-0.2, 0) is 9.47 Å². The minimum absolute atomic E-state index is 0.0419. The molecular formula is C23H40O4Si. The van der Waals surface area contributed by atoms with E-state index < -0.39 is 8.32 Å². The van der Waals surface area contributed by atoms with Gasteiger partial charge in [0.25, 0.3) is 0 Å². The molecule has 0 radical (unpaired) electrons. The highest BCUT2D eigenvalue weighted by molar-refractivity contribution is 6.74. The molecule has 5 heteroatoms. The van der Waals surface area contributed by atoms with Crippen LogP contribution in [0.3, 0.4) is 0 Å². The Morgan fingerprint density at radius 1 is 1.18 bits per heavy atom. The molecule has 0 saturated carbocycles. The van der Waals surface area contributed by atoms with Crippen LogP contribution in [0.2, 0.25) is 18.1 Å². The fourth-order valence-corrected chi connectivity index (χ4v) is 4.19. The highest BCUT2D eigenvalue weighted by atomic mass is 28.4. The molecule has 0 amide bonds. The van der Waals surface area contributed by atoms with Gasteiger partial charge in [0.15, 0.2) is 6.79 Å². The van der Waals surface area contributed by atoms with E-state index >= 15 is 0 Å².